The first-order valence-corrected chi connectivity index (χ1v) is 11.8. The number of Topliss-reactive ketones (excluding diaryl/α,β-unsaturated/α-hetero) is 1. The van der Waals surface area contributed by atoms with Gasteiger partial charge in [-0.1, -0.05) is 31.2 Å². The van der Waals surface area contributed by atoms with Crippen molar-refractivity contribution in [3.05, 3.63) is 58.6 Å². The minimum absolute atomic E-state index is 0.0501. The normalized spacial score (nSPS) is 32.4. The fourth-order valence-corrected chi connectivity index (χ4v) is 4.08. The Hall–Kier alpha value is -3.54. The van der Waals surface area contributed by atoms with Crippen molar-refractivity contribution >= 4 is 23.6 Å². The number of carbonyl (C=O) groups is 4. The van der Waals surface area contributed by atoms with Crippen LogP contribution in [0.4, 0.5) is 4.79 Å². The van der Waals surface area contributed by atoms with Crippen LogP contribution in [0, 0.1) is 5.92 Å². The first kappa shape index (κ1) is 29.7. The smallest absolute Gasteiger partial charge is 0.405 e. The lowest BCUT2D eigenvalue weighted by Crippen LogP contribution is -2.36. The predicted octanol–water partition coefficient (Wildman–Crippen LogP) is 1.42. The van der Waals surface area contributed by atoms with Crippen molar-refractivity contribution in [1.82, 2.24) is 5.32 Å². The highest BCUT2D eigenvalue weighted by Crippen LogP contribution is 2.25. The number of amides is 2. The second-order valence-electron chi connectivity index (χ2n) is 9.05. The molecule has 2 aliphatic rings. The monoisotopic (exact) mass is 518 g/mol. The molecule has 0 unspecified atom stereocenters. The van der Waals surface area contributed by atoms with Gasteiger partial charge in [0.25, 0.3) is 5.91 Å². The molecule has 2 bridgehead atoms. The molecule has 0 saturated carbocycles. The first-order valence-electron chi connectivity index (χ1n) is 11.8. The SMILES string of the molecule is CO[C@H]1/C=C\C=C(/C)C(=O)NC2=CC(=O)C(O)=C(CCC[C@H](O)[C@H](O)[C@@H](C)/C=C(\C)[C@@H]1OC(N)=O)C2=O. The Kier molecular flexibility index (Phi) is 10.5. The van der Waals surface area contributed by atoms with Crippen LogP contribution in [0.2, 0.25) is 0 Å². The van der Waals surface area contributed by atoms with Crippen LogP contribution >= 0.6 is 0 Å². The maximum Gasteiger partial charge on any atom is 0.405 e. The van der Waals surface area contributed by atoms with E-state index in [0.29, 0.717) is 5.57 Å². The number of rotatable bonds is 2. The summed E-state index contributed by atoms with van der Waals surface area (Å²) in [6.07, 6.45) is 1.85. The number of ether oxygens (including phenoxy) is 2. The molecule has 202 valence electrons. The van der Waals surface area contributed by atoms with E-state index in [4.69, 9.17) is 15.2 Å². The number of nitrogens with one attached hydrogen (secondary N) is 1. The zero-order valence-electron chi connectivity index (χ0n) is 21.3. The van der Waals surface area contributed by atoms with Gasteiger partial charge in [-0.2, -0.15) is 0 Å². The number of fused-ring (bicyclic) bond motifs is 2. The molecule has 0 radical (unpaired) electrons. The van der Waals surface area contributed by atoms with Gasteiger partial charge >= 0.3 is 6.09 Å². The van der Waals surface area contributed by atoms with E-state index in [0.717, 1.165) is 6.08 Å². The third-order valence-electron chi connectivity index (χ3n) is 6.21. The Morgan fingerprint density at radius 2 is 1.86 bits per heavy atom. The van der Waals surface area contributed by atoms with Crippen LogP contribution in [0.3, 0.4) is 0 Å². The molecule has 0 aromatic rings. The summed E-state index contributed by atoms with van der Waals surface area (Å²) in [5.41, 5.74) is 5.48. The molecule has 0 aromatic carbocycles. The Morgan fingerprint density at radius 1 is 1.19 bits per heavy atom. The van der Waals surface area contributed by atoms with Gasteiger partial charge in [-0.15, -0.1) is 0 Å². The molecule has 2 rings (SSSR count). The number of primary amides is 1. The largest absolute Gasteiger partial charge is 0.504 e. The highest BCUT2D eigenvalue weighted by molar-refractivity contribution is 6.22. The minimum Gasteiger partial charge on any atom is -0.504 e. The molecular formula is C26H34N2O9. The predicted molar refractivity (Wildman–Crippen MR) is 133 cm³/mol. The zero-order chi connectivity index (χ0) is 27.9. The lowest BCUT2D eigenvalue weighted by Gasteiger charge is -2.27. The minimum atomic E-state index is -1.21. The van der Waals surface area contributed by atoms with Gasteiger partial charge in [0.1, 0.15) is 6.10 Å². The number of allylic oxidation sites excluding steroid dienone is 4. The number of hydrogen-bond acceptors (Lipinski definition) is 9. The van der Waals surface area contributed by atoms with E-state index in [1.54, 1.807) is 19.9 Å². The molecule has 11 heteroatoms. The number of carbonyl (C=O) groups excluding carboxylic acids is 4. The number of methoxy groups -OCH3 is 1. The average Bonchev–Trinajstić information content (AvgIpc) is 2.84. The summed E-state index contributed by atoms with van der Waals surface area (Å²) >= 11 is 0. The van der Waals surface area contributed by atoms with Crippen molar-refractivity contribution in [3.63, 3.8) is 0 Å². The molecule has 2 amide bonds. The molecule has 0 fully saturated rings. The number of hydrogen-bond donors (Lipinski definition) is 5. The van der Waals surface area contributed by atoms with E-state index in [2.05, 4.69) is 5.32 Å². The Labute approximate surface area is 215 Å². The lowest BCUT2D eigenvalue weighted by molar-refractivity contribution is -0.120. The highest BCUT2D eigenvalue weighted by atomic mass is 16.6. The third kappa shape index (κ3) is 7.72. The number of nitrogens with two attached hydrogens (primary N) is 1. The van der Waals surface area contributed by atoms with Crippen molar-refractivity contribution in [2.45, 2.75) is 64.4 Å². The van der Waals surface area contributed by atoms with Crippen LogP contribution in [0.25, 0.3) is 0 Å². The third-order valence-corrected chi connectivity index (χ3v) is 6.21. The Bertz CT molecular complexity index is 1080. The lowest BCUT2D eigenvalue weighted by atomic mass is 9.90. The first-order chi connectivity index (χ1) is 17.4. The van der Waals surface area contributed by atoms with Gasteiger partial charge in [-0.3, -0.25) is 14.4 Å². The topological polar surface area (TPSA) is 185 Å². The van der Waals surface area contributed by atoms with Crippen molar-refractivity contribution in [3.8, 4) is 0 Å². The van der Waals surface area contributed by atoms with E-state index in [1.165, 1.54) is 32.3 Å². The number of aliphatic hydroxyl groups excluding tert-OH is 3. The second-order valence-corrected chi connectivity index (χ2v) is 9.05. The highest BCUT2D eigenvalue weighted by Gasteiger charge is 2.31. The molecule has 5 atom stereocenters. The summed E-state index contributed by atoms with van der Waals surface area (Å²) in [5, 5.41) is 33.7. The molecule has 1 aliphatic heterocycles. The van der Waals surface area contributed by atoms with Gasteiger partial charge in [-0.05, 0) is 38.7 Å². The fraction of sp³-hybridized carbons (Fsp3) is 0.462. The summed E-state index contributed by atoms with van der Waals surface area (Å²) in [5.74, 6) is -3.48. The Morgan fingerprint density at radius 3 is 2.49 bits per heavy atom. The maximum absolute atomic E-state index is 12.8. The van der Waals surface area contributed by atoms with Gasteiger partial charge in [0, 0.05) is 30.2 Å². The van der Waals surface area contributed by atoms with Gasteiger partial charge in [0.05, 0.1) is 17.9 Å². The van der Waals surface area contributed by atoms with Crippen molar-refractivity contribution in [2.75, 3.05) is 7.11 Å². The molecule has 6 N–H and O–H groups in total. The molecule has 1 heterocycles. The summed E-state index contributed by atoms with van der Waals surface area (Å²) in [6, 6.07) is 0. The van der Waals surface area contributed by atoms with Crippen molar-refractivity contribution in [2.24, 2.45) is 11.7 Å². The molecule has 0 saturated heterocycles. The van der Waals surface area contributed by atoms with E-state index in [9.17, 15) is 34.5 Å². The number of ketones is 2. The van der Waals surface area contributed by atoms with Crippen LogP contribution in [-0.2, 0) is 23.9 Å². The summed E-state index contributed by atoms with van der Waals surface area (Å²) in [4.78, 5) is 49.2. The zero-order valence-corrected chi connectivity index (χ0v) is 21.3. The van der Waals surface area contributed by atoms with E-state index in [-0.39, 0.29) is 36.1 Å². The summed E-state index contributed by atoms with van der Waals surface area (Å²) < 4.78 is 10.7. The van der Waals surface area contributed by atoms with Gasteiger partial charge < -0.3 is 35.8 Å². The van der Waals surface area contributed by atoms with Crippen LogP contribution in [0.15, 0.2) is 58.6 Å². The molecule has 37 heavy (non-hydrogen) atoms. The maximum atomic E-state index is 12.8. The van der Waals surface area contributed by atoms with E-state index >= 15 is 0 Å². The molecule has 0 aromatic heterocycles. The van der Waals surface area contributed by atoms with Gasteiger partial charge in [0.2, 0.25) is 11.6 Å². The number of aliphatic hydroxyl groups is 3. The standard InChI is InChI=1S/C26H34N2O9/c1-13-7-5-10-20(36-4)24(37-26(27)35)15(3)11-14(2)21(31)18(29)9-6-8-16-22(32)17(28-25(13)34)12-19(30)23(16)33/h5,7,10-12,14,18,20-21,24,29,31,33H,6,8-9H2,1-4H3,(H2,27,35)(H,28,34)/b10-5-,13-7+,15-11+/t14-,18-,20-,21+,24-/m0/s1. The average molecular weight is 519 g/mol. The fourth-order valence-electron chi connectivity index (χ4n) is 4.08. The van der Waals surface area contributed by atoms with Crippen LogP contribution in [-0.4, -0.2) is 70.4 Å². The molecular weight excluding hydrogens is 484 g/mol. The molecule has 11 nitrogen and oxygen atoms in total. The van der Waals surface area contributed by atoms with Crippen molar-refractivity contribution < 1.29 is 44.0 Å². The molecule has 1 aliphatic carbocycles. The Balaban J connectivity index is 2.49. The van der Waals surface area contributed by atoms with Crippen LogP contribution in [0.1, 0.15) is 40.0 Å². The second kappa shape index (κ2) is 13.1. The van der Waals surface area contributed by atoms with Gasteiger partial charge in [-0.25, -0.2) is 4.79 Å². The van der Waals surface area contributed by atoms with Crippen molar-refractivity contribution in [1.29, 1.82) is 0 Å². The van der Waals surface area contributed by atoms with Crippen LogP contribution in [0.5, 0.6) is 0 Å². The van der Waals surface area contributed by atoms with Crippen LogP contribution < -0.4 is 11.1 Å². The summed E-state index contributed by atoms with van der Waals surface area (Å²) in [6.45, 7) is 4.81. The van der Waals surface area contributed by atoms with E-state index < -0.39 is 59.7 Å². The summed E-state index contributed by atoms with van der Waals surface area (Å²) in [7, 11) is 1.39. The van der Waals surface area contributed by atoms with Gasteiger partial charge in [0.15, 0.2) is 11.9 Å². The quantitative estimate of drug-likeness (QED) is 0.266. The van der Waals surface area contributed by atoms with E-state index in [1.807, 2.05) is 0 Å². The molecule has 0 spiro atoms.